The lowest BCUT2D eigenvalue weighted by molar-refractivity contribution is 0.0730. The summed E-state index contributed by atoms with van der Waals surface area (Å²) in [5.74, 6) is 0.273. The minimum absolute atomic E-state index is 0.0155. The molecule has 2 aromatic carbocycles. The maximum atomic E-state index is 13.1. The Balaban J connectivity index is 1.92. The average Bonchev–Trinajstić information content (AvgIpc) is 2.74. The predicted molar refractivity (Wildman–Crippen MR) is 121 cm³/mol. The van der Waals surface area contributed by atoms with Gasteiger partial charge in [0.25, 0.3) is 10.0 Å². The van der Waals surface area contributed by atoms with E-state index in [9.17, 15) is 16.8 Å². The molecule has 0 aliphatic carbocycles. The van der Waals surface area contributed by atoms with Gasteiger partial charge in [-0.25, -0.2) is 16.8 Å². The van der Waals surface area contributed by atoms with Crippen molar-refractivity contribution in [2.45, 2.75) is 49.3 Å². The number of nitrogens with zero attached hydrogens (tertiary/aromatic N) is 1. The molecule has 0 aromatic heterocycles. The highest BCUT2D eigenvalue weighted by molar-refractivity contribution is 7.92. The van der Waals surface area contributed by atoms with Crippen molar-refractivity contribution in [1.29, 1.82) is 0 Å². The van der Waals surface area contributed by atoms with Gasteiger partial charge in [-0.1, -0.05) is 45.9 Å². The number of ether oxygens (including phenoxy) is 1. The zero-order valence-electron chi connectivity index (χ0n) is 18.3. The van der Waals surface area contributed by atoms with Gasteiger partial charge in [0.1, 0.15) is 0 Å². The van der Waals surface area contributed by atoms with Crippen molar-refractivity contribution in [2.24, 2.45) is 0 Å². The average molecular weight is 467 g/mol. The summed E-state index contributed by atoms with van der Waals surface area (Å²) in [5, 5.41) is 0. The minimum Gasteiger partial charge on any atom is -0.379 e. The van der Waals surface area contributed by atoms with Gasteiger partial charge in [-0.15, -0.1) is 0 Å². The van der Waals surface area contributed by atoms with Crippen LogP contribution >= 0.6 is 0 Å². The second kappa shape index (κ2) is 9.28. The summed E-state index contributed by atoms with van der Waals surface area (Å²) < 4.78 is 61.1. The van der Waals surface area contributed by atoms with Crippen LogP contribution in [0.2, 0.25) is 0 Å². The molecule has 0 spiro atoms. The van der Waals surface area contributed by atoms with E-state index in [1.165, 1.54) is 28.6 Å². The van der Waals surface area contributed by atoms with E-state index in [4.69, 9.17) is 4.74 Å². The quantitative estimate of drug-likeness (QED) is 0.671. The molecule has 0 amide bonds. The number of anilines is 1. The van der Waals surface area contributed by atoms with E-state index in [2.05, 4.69) is 4.72 Å². The van der Waals surface area contributed by atoms with Gasteiger partial charge in [0.15, 0.2) is 0 Å². The van der Waals surface area contributed by atoms with Gasteiger partial charge in [0, 0.05) is 13.1 Å². The predicted octanol–water partition coefficient (Wildman–Crippen LogP) is 3.76. The number of sulfonamides is 2. The van der Waals surface area contributed by atoms with E-state index in [0.717, 1.165) is 11.1 Å². The third-order valence-corrected chi connectivity index (χ3v) is 8.63. The number of nitrogens with one attached hydrogen (secondary N) is 1. The lowest BCUT2D eigenvalue weighted by Gasteiger charge is -2.26. The Labute approximate surface area is 185 Å². The van der Waals surface area contributed by atoms with Crippen LogP contribution in [-0.2, 0) is 24.8 Å². The molecule has 0 saturated carbocycles. The summed E-state index contributed by atoms with van der Waals surface area (Å²) in [6, 6.07) is 11.1. The lowest BCUT2D eigenvalue weighted by Crippen LogP contribution is -2.40. The SMILES string of the molecule is CC(C)c1cccc(C(C)C)c1NS(=O)(=O)c1ccc(S(=O)(=O)N2CCOCC2)cc1. The maximum Gasteiger partial charge on any atom is 0.261 e. The molecule has 1 aliphatic heterocycles. The van der Waals surface area contributed by atoms with E-state index in [1.807, 2.05) is 45.9 Å². The van der Waals surface area contributed by atoms with Gasteiger partial charge in [-0.3, -0.25) is 4.72 Å². The van der Waals surface area contributed by atoms with Gasteiger partial charge < -0.3 is 4.74 Å². The summed E-state index contributed by atoms with van der Waals surface area (Å²) in [5.41, 5.74) is 2.43. The van der Waals surface area contributed by atoms with Crippen molar-refractivity contribution in [3.8, 4) is 0 Å². The van der Waals surface area contributed by atoms with Crippen LogP contribution in [0.5, 0.6) is 0 Å². The first kappa shape index (κ1) is 23.7. The van der Waals surface area contributed by atoms with Gasteiger partial charge in [0.05, 0.1) is 28.7 Å². The first-order valence-corrected chi connectivity index (χ1v) is 13.3. The third kappa shape index (κ3) is 5.11. The van der Waals surface area contributed by atoms with Crippen molar-refractivity contribution in [3.05, 3.63) is 53.6 Å². The number of rotatable bonds is 7. The molecular weight excluding hydrogens is 436 g/mol. The van der Waals surface area contributed by atoms with Crippen LogP contribution in [0.3, 0.4) is 0 Å². The van der Waals surface area contributed by atoms with Crippen LogP contribution in [-0.4, -0.2) is 47.4 Å². The molecule has 2 aromatic rings. The Bertz CT molecular complexity index is 1090. The van der Waals surface area contributed by atoms with E-state index in [0.29, 0.717) is 18.9 Å². The third-order valence-electron chi connectivity index (χ3n) is 5.35. The molecule has 0 radical (unpaired) electrons. The van der Waals surface area contributed by atoms with E-state index >= 15 is 0 Å². The van der Waals surface area contributed by atoms with Crippen LogP contribution in [0.4, 0.5) is 5.69 Å². The highest BCUT2D eigenvalue weighted by atomic mass is 32.2. The lowest BCUT2D eigenvalue weighted by atomic mass is 9.93. The second-order valence-electron chi connectivity index (χ2n) is 8.21. The highest BCUT2D eigenvalue weighted by Gasteiger charge is 2.27. The fourth-order valence-corrected chi connectivity index (χ4v) is 6.11. The minimum atomic E-state index is -3.89. The fourth-order valence-electron chi connectivity index (χ4n) is 3.59. The topological polar surface area (TPSA) is 92.8 Å². The molecule has 1 saturated heterocycles. The first-order chi connectivity index (χ1) is 14.5. The van der Waals surface area contributed by atoms with Crippen LogP contribution in [0.25, 0.3) is 0 Å². The first-order valence-electron chi connectivity index (χ1n) is 10.4. The molecule has 170 valence electrons. The normalized spacial score (nSPS) is 16.1. The highest BCUT2D eigenvalue weighted by Crippen LogP contribution is 2.34. The fraction of sp³-hybridized carbons (Fsp3) is 0.455. The molecule has 1 N–H and O–H groups in total. The Hall–Kier alpha value is -1.94. The molecule has 0 atom stereocenters. The maximum absolute atomic E-state index is 13.1. The molecular formula is C22H30N2O5S2. The van der Waals surface area contributed by atoms with Gasteiger partial charge in [-0.05, 0) is 47.2 Å². The van der Waals surface area contributed by atoms with Crippen molar-refractivity contribution in [1.82, 2.24) is 4.31 Å². The summed E-state index contributed by atoms with van der Waals surface area (Å²) in [4.78, 5) is 0.0838. The summed E-state index contributed by atoms with van der Waals surface area (Å²) >= 11 is 0. The van der Waals surface area contributed by atoms with E-state index in [1.54, 1.807) is 0 Å². The Kier molecular flexibility index (Phi) is 7.10. The molecule has 3 rings (SSSR count). The molecule has 0 unspecified atom stereocenters. The molecule has 7 nitrogen and oxygen atoms in total. The van der Waals surface area contributed by atoms with Gasteiger partial charge in [0.2, 0.25) is 10.0 Å². The summed E-state index contributed by atoms with van der Waals surface area (Å²) in [7, 11) is -7.57. The number of morpholine rings is 1. The molecule has 1 fully saturated rings. The smallest absolute Gasteiger partial charge is 0.261 e. The van der Waals surface area contributed by atoms with Crippen LogP contribution in [0, 0.1) is 0 Å². The monoisotopic (exact) mass is 466 g/mol. The zero-order chi connectivity index (χ0) is 22.8. The Morgan fingerprint density at radius 3 is 1.77 bits per heavy atom. The van der Waals surface area contributed by atoms with E-state index in [-0.39, 0.29) is 34.7 Å². The number of benzene rings is 2. The standard InChI is InChI=1S/C22H30N2O5S2/c1-16(2)20-6-5-7-21(17(3)4)22(20)23-30(25,26)18-8-10-19(11-9-18)31(27,28)24-12-14-29-15-13-24/h5-11,16-17,23H,12-15H2,1-4H3. The molecule has 31 heavy (non-hydrogen) atoms. The van der Waals surface area contributed by atoms with Crippen molar-refractivity contribution < 1.29 is 21.6 Å². The molecule has 9 heteroatoms. The molecule has 1 aliphatic rings. The number of para-hydroxylation sites is 1. The van der Waals surface area contributed by atoms with Crippen molar-refractivity contribution in [2.75, 3.05) is 31.0 Å². The number of hydrogen-bond donors (Lipinski definition) is 1. The largest absolute Gasteiger partial charge is 0.379 e. The van der Waals surface area contributed by atoms with Crippen LogP contribution in [0.15, 0.2) is 52.3 Å². The number of hydrogen-bond acceptors (Lipinski definition) is 5. The zero-order valence-corrected chi connectivity index (χ0v) is 20.0. The molecule has 1 heterocycles. The Morgan fingerprint density at radius 2 is 1.29 bits per heavy atom. The van der Waals surface area contributed by atoms with Crippen LogP contribution < -0.4 is 4.72 Å². The Morgan fingerprint density at radius 1 is 0.806 bits per heavy atom. The second-order valence-corrected chi connectivity index (χ2v) is 11.8. The summed E-state index contributed by atoms with van der Waals surface area (Å²) in [6.07, 6.45) is 0. The summed E-state index contributed by atoms with van der Waals surface area (Å²) in [6.45, 7) is 9.34. The van der Waals surface area contributed by atoms with Gasteiger partial charge in [-0.2, -0.15) is 4.31 Å². The molecule has 0 bridgehead atoms. The van der Waals surface area contributed by atoms with E-state index < -0.39 is 20.0 Å². The van der Waals surface area contributed by atoms with Crippen LogP contribution in [0.1, 0.15) is 50.7 Å². The van der Waals surface area contributed by atoms with Crippen molar-refractivity contribution in [3.63, 3.8) is 0 Å². The van der Waals surface area contributed by atoms with Gasteiger partial charge >= 0.3 is 0 Å². The van der Waals surface area contributed by atoms with Crippen molar-refractivity contribution >= 4 is 25.7 Å².